The van der Waals surface area contributed by atoms with E-state index in [4.69, 9.17) is 16.7 Å². The van der Waals surface area contributed by atoms with E-state index in [1.807, 2.05) is 12.3 Å². The van der Waals surface area contributed by atoms with E-state index in [-0.39, 0.29) is 15.5 Å². The van der Waals surface area contributed by atoms with E-state index in [2.05, 4.69) is 22.4 Å². The Hall–Kier alpha value is -4.06. The van der Waals surface area contributed by atoms with Gasteiger partial charge in [0.25, 0.3) is 20.2 Å². The predicted octanol–water partition coefficient (Wildman–Crippen LogP) is 6.29. The van der Waals surface area contributed by atoms with Crippen LogP contribution in [-0.2, 0) is 20.2 Å². The standard InChI is InChI=1S/C15H10N2O3S3.C13H14N2O3S/c1-10-6-11(17-9-21)2-4-13(10)14-5-3-12(22-8-16)7-15(14)23(18,19)20;1-8-6-9(14)2-4-11(8)12-5-3-10(15)7-13(12)19(16,17)18/h2-7H,1H3,(H,18,19,20);2-7H,14-15H2,1H3,(H,16,17,18). The molecule has 42 heavy (non-hydrogen) atoms. The van der Waals surface area contributed by atoms with Gasteiger partial charge < -0.3 is 11.5 Å². The second kappa shape index (κ2) is 13.3. The summed E-state index contributed by atoms with van der Waals surface area (Å²) < 4.78 is 65.0. The first-order chi connectivity index (χ1) is 19.6. The highest BCUT2D eigenvalue weighted by molar-refractivity contribution is 8.03. The summed E-state index contributed by atoms with van der Waals surface area (Å²) in [6.07, 6.45) is 0. The van der Waals surface area contributed by atoms with Crippen molar-refractivity contribution in [3.63, 3.8) is 0 Å². The van der Waals surface area contributed by atoms with Gasteiger partial charge in [0.15, 0.2) is 0 Å². The fraction of sp³-hybridized carbons (Fsp3) is 0.0714. The van der Waals surface area contributed by atoms with Gasteiger partial charge in [-0.25, -0.2) is 0 Å². The fourth-order valence-corrected chi connectivity index (χ4v) is 6.16. The highest BCUT2D eigenvalue weighted by Gasteiger charge is 2.20. The summed E-state index contributed by atoms with van der Waals surface area (Å²) in [5.41, 5.74) is 16.3. The SMILES string of the molecule is Cc1cc(N)ccc1-c1ccc(N)cc1S(=O)(=O)O.Cc1cc(N=C=S)ccc1-c1ccc(SC#N)cc1S(=O)(=O)O. The lowest BCUT2D eigenvalue weighted by molar-refractivity contribution is 0.481. The number of thiocyanates is 1. The van der Waals surface area contributed by atoms with Crippen molar-refractivity contribution in [2.45, 2.75) is 28.5 Å². The molecule has 0 bridgehead atoms. The minimum absolute atomic E-state index is 0.208. The van der Waals surface area contributed by atoms with Gasteiger partial charge in [0.2, 0.25) is 0 Å². The lowest BCUT2D eigenvalue weighted by Gasteiger charge is -2.11. The molecule has 0 spiro atoms. The van der Waals surface area contributed by atoms with Crippen LogP contribution in [0.4, 0.5) is 17.1 Å². The second-order valence-electron chi connectivity index (χ2n) is 8.83. The molecule has 0 atom stereocenters. The molecule has 0 heterocycles. The molecule has 0 aliphatic carbocycles. The largest absolute Gasteiger partial charge is 0.399 e. The Morgan fingerprint density at radius 1 is 0.738 bits per heavy atom. The first kappa shape index (κ1) is 32.5. The number of benzene rings is 4. The van der Waals surface area contributed by atoms with Gasteiger partial charge in [-0.2, -0.15) is 27.1 Å². The summed E-state index contributed by atoms with van der Waals surface area (Å²) in [6.45, 7) is 3.61. The van der Waals surface area contributed by atoms with Crippen molar-refractivity contribution in [2.24, 2.45) is 4.99 Å². The van der Waals surface area contributed by atoms with Crippen LogP contribution < -0.4 is 11.5 Å². The topological polar surface area (TPSA) is 197 Å². The van der Waals surface area contributed by atoms with Crippen LogP contribution in [0.3, 0.4) is 0 Å². The number of thioether (sulfide) groups is 1. The molecule has 6 N–H and O–H groups in total. The number of isothiocyanates is 1. The minimum Gasteiger partial charge on any atom is -0.399 e. The number of nitrogen functional groups attached to an aromatic ring is 2. The molecule has 4 rings (SSSR count). The summed E-state index contributed by atoms with van der Waals surface area (Å²) in [5.74, 6) is 0. The lowest BCUT2D eigenvalue weighted by Crippen LogP contribution is -2.03. The zero-order chi connectivity index (χ0) is 31.2. The van der Waals surface area contributed by atoms with E-state index in [1.165, 1.54) is 12.1 Å². The van der Waals surface area contributed by atoms with Crippen molar-refractivity contribution in [1.82, 2.24) is 0 Å². The van der Waals surface area contributed by atoms with Gasteiger partial charge in [-0.1, -0.05) is 24.3 Å². The van der Waals surface area contributed by atoms with Crippen LogP contribution in [0.15, 0.2) is 92.5 Å². The van der Waals surface area contributed by atoms with E-state index in [9.17, 15) is 25.9 Å². The smallest absolute Gasteiger partial charge is 0.295 e. The molecule has 10 nitrogen and oxygen atoms in total. The third-order valence-electron chi connectivity index (χ3n) is 5.89. The second-order valence-corrected chi connectivity index (χ2v) is 12.7. The van der Waals surface area contributed by atoms with Crippen molar-refractivity contribution in [1.29, 1.82) is 5.26 Å². The number of anilines is 2. The molecule has 0 unspecified atom stereocenters. The molecule has 14 heteroatoms. The van der Waals surface area contributed by atoms with E-state index < -0.39 is 20.2 Å². The molecule has 0 saturated heterocycles. The quantitative estimate of drug-likeness (QED) is 0.0461. The van der Waals surface area contributed by atoms with Gasteiger partial charge in [0.05, 0.1) is 10.8 Å². The summed E-state index contributed by atoms with van der Waals surface area (Å²) in [5, 5.41) is 12.8. The molecule has 0 saturated carbocycles. The van der Waals surface area contributed by atoms with Gasteiger partial charge in [-0.05, 0) is 109 Å². The van der Waals surface area contributed by atoms with Crippen LogP contribution in [0.1, 0.15) is 11.1 Å². The van der Waals surface area contributed by atoms with Gasteiger partial charge in [0.1, 0.15) is 15.2 Å². The number of hydrogen-bond donors (Lipinski definition) is 4. The van der Waals surface area contributed by atoms with E-state index >= 15 is 0 Å². The first-order valence-electron chi connectivity index (χ1n) is 11.8. The average Bonchev–Trinajstić information content (AvgIpc) is 2.89. The number of thiocarbonyl (C=S) groups is 1. The van der Waals surface area contributed by atoms with Gasteiger partial charge in [-0.3, -0.25) is 9.11 Å². The fourth-order valence-electron chi connectivity index (χ4n) is 4.09. The van der Waals surface area contributed by atoms with Crippen molar-refractivity contribution >= 4 is 66.4 Å². The maximum Gasteiger partial charge on any atom is 0.295 e. The monoisotopic (exact) mass is 640 g/mol. The van der Waals surface area contributed by atoms with Gasteiger partial charge in [0, 0.05) is 27.4 Å². The van der Waals surface area contributed by atoms with Gasteiger partial charge in [-0.15, -0.1) is 0 Å². The van der Waals surface area contributed by atoms with Crippen molar-refractivity contribution in [2.75, 3.05) is 11.5 Å². The highest BCUT2D eigenvalue weighted by Crippen LogP contribution is 2.35. The van der Waals surface area contributed by atoms with Crippen LogP contribution in [-0.4, -0.2) is 31.1 Å². The first-order valence-corrected chi connectivity index (χ1v) is 15.9. The number of rotatable bonds is 6. The molecule has 0 amide bonds. The predicted molar refractivity (Wildman–Crippen MR) is 168 cm³/mol. The Labute approximate surface area is 253 Å². The van der Waals surface area contributed by atoms with Crippen LogP contribution in [0, 0.1) is 24.5 Å². The van der Waals surface area contributed by atoms with Crippen LogP contribution >= 0.6 is 24.0 Å². The Kier molecular flexibility index (Phi) is 10.3. The molecule has 4 aromatic carbocycles. The van der Waals surface area contributed by atoms with Crippen molar-refractivity contribution in [3.8, 4) is 27.7 Å². The number of nitrogens with zero attached hydrogens (tertiary/aromatic N) is 2. The van der Waals surface area contributed by atoms with E-state index in [0.29, 0.717) is 38.5 Å². The highest BCUT2D eigenvalue weighted by atomic mass is 32.2. The molecule has 216 valence electrons. The van der Waals surface area contributed by atoms with E-state index in [1.54, 1.807) is 67.6 Å². The maximum atomic E-state index is 11.7. The summed E-state index contributed by atoms with van der Waals surface area (Å²) >= 11 is 5.37. The average molecular weight is 641 g/mol. The Bertz CT molecular complexity index is 1980. The summed E-state index contributed by atoms with van der Waals surface area (Å²) in [6, 6.07) is 19.1. The maximum absolute atomic E-state index is 11.7. The summed E-state index contributed by atoms with van der Waals surface area (Å²) in [4.78, 5) is 3.85. The normalized spacial score (nSPS) is 11.0. The van der Waals surface area contributed by atoms with E-state index in [0.717, 1.165) is 22.9 Å². The molecule has 4 aromatic rings. The molecule has 0 aliphatic rings. The number of nitrogens with two attached hydrogens (primary N) is 2. The van der Waals surface area contributed by atoms with Crippen LogP contribution in [0.5, 0.6) is 0 Å². The molecular formula is C28H24N4O6S4. The number of aryl methyl sites for hydroxylation is 2. The summed E-state index contributed by atoms with van der Waals surface area (Å²) in [7, 11) is -8.78. The Morgan fingerprint density at radius 2 is 1.21 bits per heavy atom. The third kappa shape index (κ3) is 8.03. The zero-order valence-electron chi connectivity index (χ0n) is 22.1. The lowest BCUT2D eigenvalue weighted by atomic mass is 10.00. The van der Waals surface area contributed by atoms with Crippen molar-refractivity contribution in [3.05, 3.63) is 83.9 Å². The van der Waals surface area contributed by atoms with Crippen LogP contribution in [0.2, 0.25) is 0 Å². The molecule has 0 fully saturated rings. The number of hydrogen-bond acceptors (Lipinski definition) is 10. The molecule has 0 aliphatic heterocycles. The third-order valence-corrected chi connectivity index (χ3v) is 8.35. The Balaban J connectivity index is 0.000000235. The van der Waals surface area contributed by atoms with Crippen molar-refractivity contribution < 1.29 is 25.9 Å². The molecule has 0 aromatic heterocycles. The molecular weight excluding hydrogens is 617 g/mol. The number of nitriles is 1. The minimum atomic E-state index is -4.43. The van der Waals surface area contributed by atoms with Gasteiger partial charge >= 0.3 is 0 Å². The zero-order valence-corrected chi connectivity index (χ0v) is 25.4. The van der Waals surface area contributed by atoms with Crippen LogP contribution in [0.25, 0.3) is 22.3 Å². The Morgan fingerprint density at radius 3 is 1.71 bits per heavy atom. The molecule has 0 radical (unpaired) electrons. The number of aliphatic imine (C=N–C) groups is 1.